The molecule has 1 aliphatic rings. The quantitative estimate of drug-likeness (QED) is 0.413. The first kappa shape index (κ1) is 17.6. The summed E-state index contributed by atoms with van der Waals surface area (Å²) in [6, 6.07) is 7.96. The molecule has 1 fully saturated rings. The van der Waals surface area contributed by atoms with Gasteiger partial charge in [-0.3, -0.25) is 4.90 Å². The third-order valence-corrected chi connectivity index (χ3v) is 4.34. The van der Waals surface area contributed by atoms with E-state index in [-0.39, 0.29) is 0 Å². The summed E-state index contributed by atoms with van der Waals surface area (Å²) in [5.74, 6) is -9.50. The van der Waals surface area contributed by atoms with Crippen molar-refractivity contribution in [1.82, 2.24) is 4.90 Å². The SMILES string of the molecule is Fc1c(F)c(F)c(C(/C=C/c2ccccc2)N2CCCC2)c(F)c1F. The first-order valence-corrected chi connectivity index (χ1v) is 7.99. The Morgan fingerprint density at radius 2 is 1.28 bits per heavy atom. The van der Waals surface area contributed by atoms with E-state index in [1.165, 1.54) is 6.08 Å². The van der Waals surface area contributed by atoms with Crippen molar-refractivity contribution >= 4 is 6.08 Å². The van der Waals surface area contributed by atoms with Crippen LogP contribution in [0.15, 0.2) is 36.4 Å². The number of rotatable bonds is 4. The van der Waals surface area contributed by atoms with Gasteiger partial charge in [-0.25, -0.2) is 22.0 Å². The van der Waals surface area contributed by atoms with Gasteiger partial charge in [0.2, 0.25) is 5.82 Å². The van der Waals surface area contributed by atoms with Crippen molar-refractivity contribution in [2.75, 3.05) is 13.1 Å². The van der Waals surface area contributed by atoms with Crippen molar-refractivity contribution in [1.29, 1.82) is 0 Å². The number of benzene rings is 2. The first-order chi connectivity index (χ1) is 12.0. The predicted molar refractivity (Wildman–Crippen MR) is 85.3 cm³/mol. The monoisotopic (exact) mass is 353 g/mol. The minimum Gasteiger partial charge on any atom is -0.293 e. The van der Waals surface area contributed by atoms with Crippen LogP contribution in [0.4, 0.5) is 22.0 Å². The van der Waals surface area contributed by atoms with Gasteiger partial charge in [-0.1, -0.05) is 42.5 Å². The van der Waals surface area contributed by atoms with E-state index in [1.807, 2.05) is 6.07 Å². The lowest BCUT2D eigenvalue weighted by atomic mass is 10.0. The molecule has 0 saturated carbocycles. The zero-order chi connectivity index (χ0) is 18.0. The van der Waals surface area contributed by atoms with E-state index < -0.39 is 40.7 Å². The molecule has 1 aliphatic heterocycles. The number of hydrogen-bond donors (Lipinski definition) is 0. The average Bonchev–Trinajstić information content (AvgIpc) is 3.16. The van der Waals surface area contributed by atoms with Crippen LogP contribution in [0.1, 0.15) is 30.0 Å². The topological polar surface area (TPSA) is 3.24 Å². The van der Waals surface area contributed by atoms with E-state index in [9.17, 15) is 22.0 Å². The van der Waals surface area contributed by atoms with Gasteiger partial charge in [-0.2, -0.15) is 0 Å². The van der Waals surface area contributed by atoms with Gasteiger partial charge in [0.25, 0.3) is 0 Å². The molecule has 0 N–H and O–H groups in total. The molecule has 25 heavy (non-hydrogen) atoms. The fourth-order valence-electron chi connectivity index (χ4n) is 3.07. The van der Waals surface area contributed by atoms with E-state index in [4.69, 9.17) is 0 Å². The highest BCUT2D eigenvalue weighted by molar-refractivity contribution is 5.50. The van der Waals surface area contributed by atoms with Gasteiger partial charge in [0.05, 0.1) is 11.6 Å². The highest BCUT2D eigenvalue weighted by Crippen LogP contribution is 2.34. The minimum absolute atomic E-state index is 0.531. The Hall–Kier alpha value is -2.21. The molecule has 3 rings (SSSR count). The number of nitrogens with zero attached hydrogens (tertiary/aromatic N) is 1. The Balaban J connectivity index is 2.08. The van der Waals surface area contributed by atoms with Crippen molar-refractivity contribution < 1.29 is 22.0 Å². The lowest BCUT2D eigenvalue weighted by molar-refractivity contribution is 0.266. The summed E-state index contributed by atoms with van der Waals surface area (Å²) in [4.78, 5) is 1.72. The van der Waals surface area contributed by atoms with Crippen LogP contribution >= 0.6 is 0 Å². The second-order valence-electron chi connectivity index (χ2n) is 5.94. The zero-order valence-corrected chi connectivity index (χ0v) is 13.3. The van der Waals surface area contributed by atoms with Crippen LogP contribution in [0.5, 0.6) is 0 Å². The van der Waals surface area contributed by atoms with E-state index in [2.05, 4.69) is 0 Å². The molecule has 0 aliphatic carbocycles. The molecular weight excluding hydrogens is 337 g/mol. The third kappa shape index (κ3) is 3.44. The standard InChI is InChI=1S/C19H16F5N/c20-15-14(16(21)18(23)19(24)17(15)22)13(25-10-4-5-11-25)9-8-12-6-2-1-3-7-12/h1-3,6-9,13H,4-5,10-11H2/b9-8+. The van der Waals surface area contributed by atoms with Crippen LogP contribution in [0, 0.1) is 29.1 Å². The van der Waals surface area contributed by atoms with Gasteiger partial charge >= 0.3 is 0 Å². The highest BCUT2D eigenvalue weighted by Gasteiger charge is 2.33. The minimum atomic E-state index is -2.13. The molecule has 132 valence electrons. The summed E-state index contributed by atoms with van der Waals surface area (Å²) >= 11 is 0. The molecular formula is C19H16F5N. The van der Waals surface area contributed by atoms with Gasteiger partial charge < -0.3 is 0 Å². The molecule has 1 heterocycles. The molecule has 1 unspecified atom stereocenters. The molecule has 0 radical (unpaired) electrons. The second kappa shape index (κ2) is 7.35. The van der Waals surface area contributed by atoms with Crippen molar-refractivity contribution in [3.05, 3.63) is 76.6 Å². The largest absolute Gasteiger partial charge is 0.293 e. The molecule has 2 aromatic carbocycles. The van der Waals surface area contributed by atoms with Crippen molar-refractivity contribution in [3.63, 3.8) is 0 Å². The molecule has 0 amide bonds. The summed E-state index contributed by atoms with van der Waals surface area (Å²) in [5.41, 5.74) is -0.0268. The van der Waals surface area contributed by atoms with Gasteiger partial charge in [0, 0.05) is 0 Å². The molecule has 0 spiro atoms. The van der Waals surface area contributed by atoms with Gasteiger partial charge in [0.15, 0.2) is 23.3 Å². The number of hydrogen-bond acceptors (Lipinski definition) is 1. The predicted octanol–water partition coefficient (Wildman–Crippen LogP) is 5.23. The molecule has 0 aromatic heterocycles. The Kier molecular flexibility index (Phi) is 5.18. The van der Waals surface area contributed by atoms with Gasteiger partial charge in [0.1, 0.15) is 0 Å². The fourth-order valence-corrected chi connectivity index (χ4v) is 3.07. The van der Waals surface area contributed by atoms with Crippen LogP contribution in [-0.4, -0.2) is 18.0 Å². The zero-order valence-electron chi connectivity index (χ0n) is 13.3. The lowest BCUT2D eigenvalue weighted by Gasteiger charge is -2.26. The summed E-state index contributed by atoms with van der Waals surface area (Å²) in [5, 5.41) is 0. The van der Waals surface area contributed by atoms with Gasteiger partial charge in [-0.15, -0.1) is 0 Å². The molecule has 2 aromatic rings. The van der Waals surface area contributed by atoms with E-state index in [0.717, 1.165) is 18.4 Å². The summed E-state index contributed by atoms with van der Waals surface area (Å²) < 4.78 is 69.0. The van der Waals surface area contributed by atoms with E-state index >= 15 is 0 Å². The Labute approximate surface area is 142 Å². The van der Waals surface area contributed by atoms with Gasteiger partial charge in [-0.05, 0) is 31.5 Å². The fraction of sp³-hybridized carbons (Fsp3) is 0.263. The van der Waals surface area contributed by atoms with Crippen LogP contribution in [0.25, 0.3) is 6.08 Å². The van der Waals surface area contributed by atoms with Crippen LogP contribution in [0.3, 0.4) is 0 Å². The molecule has 1 atom stereocenters. The van der Waals surface area contributed by atoms with Crippen molar-refractivity contribution in [3.8, 4) is 0 Å². The van der Waals surface area contributed by atoms with Crippen LogP contribution in [0.2, 0.25) is 0 Å². The molecule has 6 heteroatoms. The Bertz CT molecular complexity index is 753. The van der Waals surface area contributed by atoms with E-state index in [0.29, 0.717) is 13.1 Å². The van der Waals surface area contributed by atoms with Crippen LogP contribution < -0.4 is 0 Å². The lowest BCUT2D eigenvalue weighted by Crippen LogP contribution is -2.27. The smallest absolute Gasteiger partial charge is 0.200 e. The molecule has 1 nitrogen and oxygen atoms in total. The Morgan fingerprint density at radius 3 is 1.84 bits per heavy atom. The van der Waals surface area contributed by atoms with Crippen molar-refractivity contribution in [2.45, 2.75) is 18.9 Å². The summed E-state index contributed by atoms with van der Waals surface area (Å²) in [6.07, 6.45) is 4.73. The normalized spacial score (nSPS) is 16.7. The maximum Gasteiger partial charge on any atom is 0.200 e. The highest BCUT2D eigenvalue weighted by atomic mass is 19.2. The molecule has 1 saturated heterocycles. The average molecular weight is 353 g/mol. The summed E-state index contributed by atoms with van der Waals surface area (Å²) in [6.45, 7) is 1.06. The number of likely N-dealkylation sites (tertiary alicyclic amines) is 1. The number of halogens is 5. The summed E-state index contributed by atoms with van der Waals surface area (Å²) in [7, 11) is 0. The Morgan fingerprint density at radius 1 is 0.760 bits per heavy atom. The van der Waals surface area contributed by atoms with Crippen LogP contribution in [-0.2, 0) is 0 Å². The maximum atomic E-state index is 14.3. The maximum absolute atomic E-state index is 14.3. The first-order valence-electron chi connectivity index (χ1n) is 7.99. The molecule has 0 bridgehead atoms. The third-order valence-electron chi connectivity index (χ3n) is 4.34. The second-order valence-corrected chi connectivity index (χ2v) is 5.94. The van der Waals surface area contributed by atoms with E-state index in [1.54, 1.807) is 35.2 Å². The van der Waals surface area contributed by atoms with Crippen molar-refractivity contribution in [2.24, 2.45) is 0 Å².